The summed E-state index contributed by atoms with van der Waals surface area (Å²) in [6.07, 6.45) is 5.00. The van der Waals surface area contributed by atoms with E-state index in [-0.39, 0.29) is 22.5 Å². The van der Waals surface area contributed by atoms with Crippen molar-refractivity contribution in [3.05, 3.63) is 77.6 Å². The van der Waals surface area contributed by atoms with Crippen LogP contribution in [0.5, 0.6) is 0 Å². The fourth-order valence-electron chi connectivity index (χ4n) is 3.99. The van der Waals surface area contributed by atoms with E-state index in [0.717, 1.165) is 30.7 Å². The number of benzene rings is 2. The van der Waals surface area contributed by atoms with Crippen LogP contribution in [0.3, 0.4) is 0 Å². The SMILES string of the molecule is O=C(c1ccc(F)cc1)N1CCC2(CC1)SCCN2C(=O)/C=C/c1ccccc1. The molecule has 150 valence electrons. The number of rotatable bonds is 3. The normalized spacial score (nSPS) is 18.5. The molecule has 2 amide bonds. The van der Waals surface area contributed by atoms with Crippen molar-refractivity contribution in [2.24, 2.45) is 0 Å². The minimum Gasteiger partial charge on any atom is -0.338 e. The lowest BCUT2D eigenvalue weighted by Crippen LogP contribution is -2.53. The maximum atomic E-state index is 13.1. The third kappa shape index (κ3) is 4.22. The lowest BCUT2D eigenvalue weighted by Gasteiger charge is -2.43. The first-order valence-electron chi connectivity index (χ1n) is 9.81. The summed E-state index contributed by atoms with van der Waals surface area (Å²) in [6.45, 7) is 1.92. The molecule has 0 atom stereocenters. The lowest BCUT2D eigenvalue weighted by atomic mass is 10.0. The highest BCUT2D eigenvalue weighted by Crippen LogP contribution is 2.44. The highest BCUT2D eigenvalue weighted by atomic mass is 32.2. The molecule has 6 heteroatoms. The number of piperidine rings is 1. The molecule has 0 saturated carbocycles. The van der Waals surface area contributed by atoms with Crippen molar-refractivity contribution in [3.8, 4) is 0 Å². The van der Waals surface area contributed by atoms with Crippen molar-refractivity contribution in [1.29, 1.82) is 0 Å². The van der Waals surface area contributed by atoms with Gasteiger partial charge in [-0.1, -0.05) is 30.3 Å². The minimum atomic E-state index is -0.348. The summed E-state index contributed by atoms with van der Waals surface area (Å²) in [6, 6.07) is 15.5. The second-order valence-electron chi connectivity index (χ2n) is 7.33. The number of likely N-dealkylation sites (tertiary alicyclic amines) is 1. The summed E-state index contributed by atoms with van der Waals surface area (Å²) in [7, 11) is 0. The maximum Gasteiger partial charge on any atom is 0.253 e. The molecule has 0 aromatic heterocycles. The van der Waals surface area contributed by atoms with Crippen LogP contribution in [-0.2, 0) is 4.79 Å². The van der Waals surface area contributed by atoms with E-state index in [1.54, 1.807) is 11.0 Å². The van der Waals surface area contributed by atoms with Crippen molar-refractivity contribution < 1.29 is 14.0 Å². The van der Waals surface area contributed by atoms with E-state index in [0.29, 0.717) is 18.7 Å². The summed E-state index contributed by atoms with van der Waals surface area (Å²) in [5, 5.41) is 0. The predicted octanol–water partition coefficient (Wildman–Crippen LogP) is 4.05. The van der Waals surface area contributed by atoms with E-state index in [2.05, 4.69) is 0 Å². The molecule has 2 aromatic carbocycles. The van der Waals surface area contributed by atoms with E-state index in [4.69, 9.17) is 0 Å². The Labute approximate surface area is 174 Å². The molecule has 29 heavy (non-hydrogen) atoms. The molecule has 2 aromatic rings. The van der Waals surface area contributed by atoms with Crippen LogP contribution in [0.25, 0.3) is 6.08 Å². The number of amides is 2. The Morgan fingerprint density at radius 3 is 2.34 bits per heavy atom. The van der Waals surface area contributed by atoms with Gasteiger partial charge in [0, 0.05) is 37.0 Å². The summed E-state index contributed by atoms with van der Waals surface area (Å²) >= 11 is 1.82. The van der Waals surface area contributed by atoms with Crippen LogP contribution in [0.4, 0.5) is 4.39 Å². The molecule has 2 saturated heterocycles. The van der Waals surface area contributed by atoms with E-state index in [1.165, 1.54) is 24.3 Å². The summed E-state index contributed by atoms with van der Waals surface area (Å²) in [5.41, 5.74) is 1.50. The van der Waals surface area contributed by atoms with Crippen molar-refractivity contribution in [2.75, 3.05) is 25.4 Å². The topological polar surface area (TPSA) is 40.6 Å². The summed E-state index contributed by atoms with van der Waals surface area (Å²) < 4.78 is 13.1. The van der Waals surface area contributed by atoms with Crippen molar-refractivity contribution in [2.45, 2.75) is 17.7 Å². The molecule has 1 spiro atoms. The van der Waals surface area contributed by atoms with Crippen molar-refractivity contribution in [3.63, 3.8) is 0 Å². The summed E-state index contributed by atoms with van der Waals surface area (Å²) in [4.78, 5) is 29.1. The average molecular weight is 411 g/mol. The van der Waals surface area contributed by atoms with Crippen molar-refractivity contribution >= 4 is 29.7 Å². The van der Waals surface area contributed by atoms with E-state index in [1.807, 2.05) is 53.1 Å². The molecular formula is C23H23FN2O2S. The number of hydrogen-bond acceptors (Lipinski definition) is 3. The molecule has 4 rings (SSSR count). The van der Waals surface area contributed by atoms with Gasteiger partial charge in [-0.25, -0.2) is 4.39 Å². The van der Waals surface area contributed by atoms with Crippen molar-refractivity contribution in [1.82, 2.24) is 9.80 Å². The van der Waals surface area contributed by atoms with Crippen LogP contribution < -0.4 is 0 Å². The monoisotopic (exact) mass is 410 g/mol. The van der Waals surface area contributed by atoms with Gasteiger partial charge in [-0.2, -0.15) is 0 Å². The van der Waals surface area contributed by atoms with Crippen LogP contribution >= 0.6 is 11.8 Å². The van der Waals surface area contributed by atoms with Crippen LogP contribution in [0.2, 0.25) is 0 Å². The molecule has 4 nitrogen and oxygen atoms in total. The third-order valence-electron chi connectivity index (χ3n) is 5.58. The second-order valence-corrected chi connectivity index (χ2v) is 8.78. The zero-order valence-corrected chi connectivity index (χ0v) is 16.9. The van der Waals surface area contributed by atoms with Gasteiger partial charge < -0.3 is 9.80 Å². The number of halogens is 1. The highest BCUT2D eigenvalue weighted by Gasteiger charge is 2.46. The van der Waals surface area contributed by atoms with E-state index in [9.17, 15) is 14.0 Å². The van der Waals surface area contributed by atoms with Gasteiger partial charge >= 0.3 is 0 Å². The Hall–Kier alpha value is -2.60. The second kappa shape index (κ2) is 8.41. The molecule has 2 fully saturated rings. The van der Waals surface area contributed by atoms with E-state index < -0.39 is 0 Å². The van der Waals surface area contributed by atoms with Crippen LogP contribution in [0, 0.1) is 5.82 Å². The number of carbonyl (C=O) groups excluding carboxylic acids is 2. The number of nitrogens with zero attached hydrogens (tertiary/aromatic N) is 2. The molecule has 0 aliphatic carbocycles. The fraction of sp³-hybridized carbons (Fsp3) is 0.304. The molecule has 0 bridgehead atoms. The Bertz CT molecular complexity index is 906. The fourth-order valence-corrected chi connectivity index (χ4v) is 5.45. The maximum absolute atomic E-state index is 13.1. The number of thioether (sulfide) groups is 1. The third-order valence-corrected chi connectivity index (χ3v) is 7.14. The first kappa shape index (κ1) is 19.7. The zero-order chi connectivity index (χ0) is 20.3. The quantitative estimate of drug-likeness (QED) is 0.717. The Morgan fingerprint density at radius 2 is 1.66 bits per heavy atom. The first-order chi connectivity index (χ1) is 14.1. The molecule has 2 heterocycles. The highest BCUT2D eigenvalue weighted by molar-refractivity contribution is 8.00. The molecule has 0 unspecified atom stereocenters. The standard InChI is InChI=1S/C23H23FN2O2S/c24-20-9-7-19(8-10-20)22(28)25-14-12-23(13-15-25)26(16-17-29-23)21(27)11-6-18-4-2-1-3-5-18/h1-11H,12-17H2/b11-6+. The predicted molar refractivity (Wildman–Crippen MR) is 114 cm³/mol. The summed E-state index contributed by atoms with van der Waals surface area (Å²) in [5.74, 6) is 0.512. The van der Waals surface area contributed by atoms with Gasteiger partial charge in [0.1, 0.15) is 5.82 Å². The van der Waals surface area contributed by atoms with Gasteiger partial charge in [-0.05, 0) is 48.7 Å². The minimum absolute atomic E-state index is 0.0252. The first-order valence-corrected chi connectivity index (χ1v) is 10.8. The largest absolute Gasteiger partial charge is 0.338 e. The van der Waals surface area contributed by atoms with Crippen LogP contribution in [-0.4, -0.2) is 51.9 Å². The van der Waals surface area contributed by atoms with Gasteiger partial charge in [0.2, 0.25) is 5.91 Å². The zero-order valence-electron chi connectivity index (χ0n) is 16.1. The van der Waals surface area contributed by atoms with Gasteiger partial charge in [0.05, 0.1) is 4.87 Å². The number of hydrogen-bond donors (Lipinski definition) is 0. The van der Waals surface area contributed by atoms with Gasteiger partial charge in [0.15, 0.2) is 0 Å². The Morgan fingerprint density at radius 1 is 0.966 bits per heavy atom. The Kier molecular flexibility index (Phi) is 5.72. The lowest BCUT2D eigenvalue weighted by molar-refractivity contribution is -0.129. The number of carbonyl (C=O) groups is 2. The van der Waals surface area contributed by atoms with Crippen LogP contribution in [0.15, 0.2) is 60.7 Å². The van der Waals surface area contributed by atoms with Crippen LogP contribution in [0.1, 0.15) is 28.8 Å². The molecule has 0 N–H and O–H groups in total. The van der Waals surface area contributed by atoms with Gasteiger partial charge in [-0.15, -0.1) is 11.8 Å². The van der Waals surface area contributed by atoms with Gasteiger partial charge in [-0.3, -0.25) is 9.59 Å². The smallest absolute Gasteiger partial charge is 0.253 e. The van der Waals surface area contributed by atoms with E-state index >= 15 is 0 Å². The molecule has 2 aliphatic rings. The molecule has 2 aliphatic heterocycles. The molecular weight excluding hydrogens is 387 g/mol. The average Bonchev–Trinajstić information content (AvgIpc) is 3.16. The van der Waals surface area contributed by atoms with Gasteiger partial charge in [0.25, 0.3) is 5.91 Å². The molecule has 0 radical (unpaired) electrons. The Balaban J connectivity index is 1.41.